The summed E-state index contributed by atoms with van der Waals surface area (Å²) in [5.74, 6) is -1.15. The minimum Gasteiger partial charge on any atom is -0.293 e. The van der Waals surface area contributed by atoms with Crippen molar-refractivity contribution in [1.82, 2.24) is 0 Å². The molecule has 2 rings (SSSR count). The first-order valence-electron chi connectivity index (χ1n) is 8.16. The third-order valence-electron chi connectivity index (χ3n) is 1.96. The molecule has 1 nitrogen and oxygen atoms in total. The molecule has 0 radical (unpaired) electrons. The summed E-state index contributed by atoms with van der Waals surface area (Å²) in [6.45, 7) is 0. The predicted octanol–water partition coefficient (Wildman–Crippen LogP) is 4.23. The molecule has 0 unspecified atom stereocenters. The summed E-state index contributed by atoms with van der Waals surface area (Å²) in [5.41, 5.74) is -0.215. The molecule has 0 aromatic heterocycles. The Hall–Kier alpha value is -0.340. The third-order valence-corrected chi connectivity index (χ3v) is 3.05. The van der Waals surface area contributed by atoms with E-state index in [9.17, 15) is 4.79 Å². The Kier molecular flexibility index (Phi) is 1.39. The van der Waals surface area contributed by atoms with Crippen molar-refractivity contribution in [2.75, 3.05) is 0 Å². The Morgan fingerprint density at radius 3 is 2.60 bits per heavy atom. The quantitative estimate of drug-likeness (QED) is 0.589. The number of rotatable bonds is 2. The van der Waals surface area contributed by atoms with Crippen LogP contribution >= 0.6 is 27.5 Å². The van der Waals surface area contributed by atoms with Gasteiger partial charge in [0.2, 0.25) is 0 Å². The molecule has 0 saturated heterocycles. The fraction of sp³-hybridized carbons (Fsp3) is 0.417. The molecule has 1 aliphatic rings. The summed E-state index contributed by atoms with van der Waals surface area (Å²) in [6, 6.07) is 5.58. The van der Waals surface area contributed by atoms with E-state index in [1.54, 1.807) is 0 Å². The van der Waals surface area contributed by atoms with Gasteiger partial charge in [-0.1, -0.05) is 52.4 Å². The first kappa shape index (κ1) is 4.89. The van der Waals surface area contributed by atoms with Crippen molar-refractivity contribution >= 4 is 33.3 Å². The lowest BCUT2D eigenvalue weighted by molar-refractivity contribution is 0.0948. The monoisotopic (exact) mass is 294 g/mol. The van der Waals surface area contributed by atoms with Crippen LogP contribution in [-0.2, 0) is 0 Å². The number of hydrogen-bond acceptors (Lipinski definition) is 1. The zero-order chi connectivity index (χ0) is 18.1. The average molecular weight is 296 g/mol. The van der Waals surface area contributed by atoms with Gasteiger partial charge in [-0.25, -0.2) is 0 Å². The molecular formula is C12H12BrClO. The Balaban J connectivity index is 2.78. The van der Waals surface area contributed by atoms with Crippen molar-refractivity contribution in [3.05, 3.63) is 34.9 Å². The molecule has 1 aliphatic carbocycles. The molecule has 15 heavy (non-hydrogen) atoms. The lowest BCUT2D eigenvalue weighted by atomic mass is 9.96. The van der Waals surface area contributed by atoms with Gasteiger partial charge in [-0.15, -0.1) is 0 Å². The summed E-state index contributed by atoms with van der Waals surface area (Å²) < 4.78 is 60.3. The van der Waals surface area contributed by atoms with Gasteiger partial charge in [0.05, 0.1) is 9.35 Å². The normalized spacial score (nSPS) is 40.4. The van der Waals surface area contributed by atoms with Crippen molar-refractivity contribution < 1.29 is 15.8 Å². The number of carbonyl (C=O) groups excluding carboxylic acids is 1. The van der Waals surface area contributed by atoms with Crippen LogP contribution in [-0.4, -0.2) is 10.1 Å². The maximum absolute atomic E-state index is 12.9. The number of carbonyl (C=O) groups is 1. The number of halogens is 2. The van der Waals surface area contributed by atoms with Gasteiger partial charge < -0.3 is 0 Å². The van der Waals surface area contributed by atoms with Crippen molar-refractivity contribution in [3.63, 3.8) is 0 Å². The molecule has 1 aromatic carbocycles. The highest BCUT2D eigenvalue weighted by Crippen LogP contribution is 2.41. The van der Waals surface area contributed by atoms with E-state index in [-0.39, 0.29) is 10.6 Å². The van der Waals surface area contributed by atoms with Crippen molar-refractivity contribution in [2.45, 2.75) is 29.8 Å². The van der Waals surface area contributed by atoms with E-state index in [2.05, 4.69) is 15.9 Å². The lowest BCUT2D eigenvalue weighted by Crippen LogP contribution is -2.28. The van der Waals surface area contributed by atoms with Gasteiger partial charge in [0.15, 0.2) is 5.78 Å². The maximum Gasteiger partial charge on any atom is 0.181 e. The highest BCUT2D eigenvalue weighted by Gasteiger charge is 2.39. The minimum atomic E-state index is -3.26. The van der Waals surface area contributed by atoms with Crippen LogP contribution in [0.4, 0.5) is 0 Å². The van der Waals surface area contributed by atoms with Gasteiger partial charge >= 0.3 is 0 Å². The van der Waals surface area contributed by atoms with E-state index >= 15 is 0 Å². The molecule has 1 saturated carbocycles. The highest BCUT2D eigenvalue weighted by atomic mass is 79.9. The number of ketones is 1. The van der Waals surface area contributed by atoms with Gasteiger partial charge in [0.1, 0.15) is 0 Å². The van der Waals surface area contributed by atoms with Crippen molar-refractivity contribution in [2.24, 2.45) is 0 Å². The van der Waals surface area contributed by atoms with Gasteiger partial charge in [0.25, 0.3) is 0 Å². The molecule has 0 heterocycles. The minimum absolute atomic E-state index is 0.0593. The Bertz CT molecular complexity index is 649. The van der Waals surface area contributed by atoms with Crippen LogP contribution in [0, 0.1) is 0 Å². The summed E-state index contributed by atoms with van der Waals surface area (Å²) in [4.78, 5) is 12.9. The standard InChI is InChI=1S/C12H12BrClO/c13-12(7-3-4-8-12)11(15)9-5-1-2-6-10(9)14/h1-2,5-6H,3-4,7-8H2/i3D2,4D2,7D2,8D2. The zero-order valence-electron chi connectivity index (χ0n) is 15.5. The molecule has 0 bridgehead atoms. The molecule has 0 aliphatic heterocycles. The van der Waals surface area contributed by atoms with E-state index in [4.69, 9.17) is 22.6 Å². The summed E-state index contributed by atoms with van der Waals surface area (Å²) in [6.07, 6.45) is -12.9. The Morgan fingerprint density at radius 1 is 1.40 bits per heavy atom. The number of benzene rings is 1. The fourth-order valence-electron chi connectivity index (χ4n) is 1.21. The van der Waals surface area contributed by atoms with Crippen LogP contribution in [0.3, 0.4) is 0 Å². The Labute approximate surface area is 114 Å². The lowest BCUT2D eigenvalue weighted by Gasteiger charge is -2.19. The largest absolute Gasteiger partial charge is 0.293 e. The molecule has 0 N–H and O–H groups in total. The van der Waals surface area contributed by atoms with Crippen LogP contribution < -0.4 is 0 Å². The molecule has 0 atom stereocenters. The fourth-order valence-corrected chi connectivity index (χ4v) is 1.84. The molecule has 80 valence electrons. The second kappa shape index (κ2) is 4.26. The molecule has 3 heteroatoms. The number of Topliss-reactive ketones (excluding diaryl/α,β-unsaturated/α-hetero) is 1. The van der Waals surface area contributed by atoms with Crippen LogP contribution in [0.15, 0.2) is 24.3 Å². The zero-order valence-corrected chi connectivity index (χ0v) is 9.82. The molecule has 1 aromatic rings. The molecular weight excluding hydrogens is 275 g/mol. The van der Waals surface area contributed by atoms with Gasteiger partial charge in [-0.05, 0) is 24.9 Å². The topological polar surface area (TPSA) is 17.1 Å². The van der Waals surface area contributed by atoms with E-state index < -0.39 is 35.6 Å². The number of alkyl halides is 1. The second-order valence-corrected chi connectivity index (χ2v) is 4.56. The van der Waals surface area contributed by atoms with E-state index in [0.29, 0.717) is 0 Å². The van der Waals surface area contributed by atoms with Crippen molar-refractivity contribution in [3.8, 4) is 0 Å². The summed E-state index contributed by atoms with van der Waals surface area (Å²) in [7, 11) is 0. The van der Waals surface area contributed by atoms with Gasteiger partial charge in [-0.2, -0.15) is 0 Å². The maximum atomic E-state index is 12.9. The highest BCUT2D eigenvalue weighted by molar-refractivity contribution is 9.10. The van der Waals surface area contributed by atoms with Crippen LogP contribution in [0.2, 0.25) is 5.02 Å². The van der Waals surface area contributed by atoms with E-state index in [1.807, 2.05) is 0 Å². The molecule has 1 fully saturated rings. The number of hydrogen-bond donors (Lipinski definition) is 0. The predicted molar refractivity (Wildman–Crippen MR) is 65.9 cm³/mol. The smallest absolute Gasteiger partial charge is 0.181 e. The van der Waals surface area contributed by atoms with Crippen molar-refractivity contribution in [1.29, 1.82) is 0 Å². The van der Waals surface area contributed by atoms with Gasteiger partial charge in [0, 0.05) is 16.5 Å². The molecule has 0 spiro atoms. The first-order chi connectivity index (χ1) is 10.2. The first-order valence-corrected chi connectivity index (χ1v) is 5.33. The van der Waals surface area contributed by atoms with Gasteiger partial charge in [-0.3, -0.25) is 4.79 Å². The van der Waals surface area contributed by atoms with E-state index in [1.165, 1.54) is 24.3 Å². The SMILES string of the molecule is [2H]C1([2H])C([2H])([2H])C([2H])([2H])C(Br)(C(=O)c2ccccc2Cl)C1([2H])[2H]. The Morgan fingerprint density at radius 2 is 2.00 bits per heavy atom. The molecule has 0 amide bonds. The van der Waals surface area contributed by atoms with E-state index in [0.717, 1.165) is 0 Å². The van der Waals surface area contributed by atoms with Crippen LogP contribution in [0.25, 0.3) is 0 Å². The van der Waals surface area contributed by atoms with Crippen LogP contribution in [0.5, 0.6) is 0 Å². The van der Waals surface area contributed by atoms with Crippen LogP contribution in [0.1, 0.15) is 46.8 Å². The average Bonchev–Trinajstić information content (AvgIpc) is 2.49. The summed E-state index contributed by atoms with van der Waals surface area (Å²) in [5, 5.41) is -0.0593. The second-order valence-electron chi connectivity index (χ2n) is 2.97. The third kappa shape index (κ3) is 2.11. The summed E-state index contributed by atoms with van der Waals surface area (Å²) >= 11 is 8.65.